The number of rotatable bonds is 11. The summed E-state index contributed by atoms with van der Waals surface area (Å²) >= 11 is 0. The second kappa shape index (κ2) is 16.8. The number of nitrogens with zero attached hydrogens (tertiary/aromatic N) is 6. The molecule has 53 heavy (non-hydrogen) atoms. The first-order chi connectivity index (χ1) is 25.6. The number of esters is 1. The molecule has 13 heteroatoms. The Kier molecular flexibility index (Phi) is 11.5. The largest absolute Gasteiger partial charge is 0.461 e. The lowest BCUT2D eigenvalue weighted by molar-refractivity contribution is -0.146. The van der Waals surface area contributed by atoms with Crippen LogP contribution in [0.3, 0.4) is 0 Å². The number of anilines is 4. The van der Waals surface area contributed by atoms with Crippen LogP contribution >= 0.6 is 0 Å². The maximum Gasteiger partial charge on any atom is 0.410 e. The lowest BCUT2D eigenvalue weighted by atomic mass is 9.94. The number of benzene rings is 2. The first kappa shape index (κ1) is 36.4. The van der Waals surface area contributed by atoms with Gasteiger partial charge in [-0.15, -0.1) is 0 Å². The molecule has 5 aromatic rings. The number of nitrogens with one attached hydrogen (secondary N) is 2. The van der Waals surface area contributed by atoms with Gasteiger partial charge in [0.2, 0.25) is 5.91 Å². The summed E-state index contributed by atoms with van der Waals surface area (Å²) in [6, 6.07) is 25.8. The van der Waals surface area contributed by atoms with Crippen molar-refractivity contribution in [3.8, 4) is 11.3 Å². The standard InChI is InChI=1S/C40H42N8O5/c1-40(2,3)53-39(51)48-20-18-47(19-21-48)36-22-30(14-15-43-36)33-23-31(24-34(45-33)46-35-26-41-16-17-42-35)44-38(50)32(29-12-8-5-9-13-29)25-37(49)52-27-28-10-6-4-7-11-28/h4-17,22-24,26,32H,18-21,25,27H2,1-3H3,(H2,42,44,45,46,50)/t32-/m1/s1. The average Bonchev–Trinajstić information content (AvgIpc) is 3.16. The molecule has 13 nitrogen and oxygen atoms in total. The molecule has 3 aromatic heterocycles. The number of hydrogen-bond donors (Lipinski definition) is 2. The Balaban J connectivity index is 1.23. The van der Waals surface area contributed by atoms with Gasteiger partial charge in [0.15, 0.2) is 0 Å². The number of aromatic nitrogens is 4. The van der Waals surface area contributed by atoms with E-state index in [0.29, 0.717) is 54.8 Å². The van der Waals surface area contributed by atoms with Gasteiger partial charge >= 0.3 is 12.1 Å². The third-order valence-corrected chi connectivity index (χ3v) is 8.34. The van der Waals surface area contributed by atoms with Gasteiger partial charge in [-0.3, -0.25) is 14.6 Å². The minimum atomic E-state index is -0.820. The molecule has 4 heterocycles. The monoisotopic (exact) mass is 714 g/mol. The van der Waals surface area contributed by atoms with E-state index in [4.69, 9.17) is 14.5 Å². The van der Waals surface area contributed by atoms with Gasteiger partial charge in [0, 0.05) is 62.1 Å². The van der Waals surface area contributed by atoms with Gasteiger partial charge in [0.1, 0.15) is 29.7 Å². The second-order valence-corrected chi connectivity index (χ2v) is 13.5. The van der Waals surface area contributed by atoms with Gasteiger partial charge in [-0.1, -0.05) is 60.7 Å². The Bertz CT molecular complexity index is 2000. The number of pyridine rings is 2. The first-order valence-corrected chi connectivity index (χ1v) is 17.4. The minimum absolute atomic E-state index is 0.112. The van der Waals surface area contributed by atoms with Gasteiger partial charge in [-0.2, -0.15) is 0 Å². The fourth-order valence-electron chi connectivity index (χ4n) is 5.75. The predicted octanol–water partition coefficient (Wildman–Crippen LogP) is 6.59. The van der Waals surface area contributed by atoms with Crippen molar-refractivity contribution in [1.82, 2.24) is 24.8 Å². The van der Waals surface area contributed by atoms with E-state index in [1.807, 2.05) is 93.6 Å². The minimum Gasteiger partial charge on any atom is -0.461 e. The van der Waals surface area contributed by atoms with Crippen LogP contribution in [0.2, 0.25) is 0 Å². The summed E-state index contributed by atoms with van der Waals surface area (Å²) in [6.45, 7) is 7.81. The molecule has 272 valence electrons. The second-order valence-electron chi connectivity index (χ2n) is 13.5. The molecule has 1 fully saturated rings. The highest BCUT2D eigenvalue weighted by molar-refractivity contribution is 5.98. The highest BCUT2D eigenvalue weighted by Crippen LogP contribution is 2.30. The Morgan fingerprint density at radius 1 is 0.830 bits per heavy atom. The van der Waals surface area contributed by atoms with Crippen molar-refractivity contribution in [3.05, 3.63) is 121 Å². The summed E-state index contributed by atoms with van der Waals surface area (Å²) in [4.78, 5) is 61.4. The molecule has 0 spiro atoms. The molecule has 1 saturated heterocycles. The summed E-state index contributed by atoms with van der Waals surface area (Å²) < 4.78 is 11.1. The molecular weight excluding hydrogens is 672 g/mol. The van der Waals surface area contributed by atoms with Crippen LogP contribution in [-0.2, 0) is 25.7 Å². The van der Waals surface area contributed by atoms with E-state index >= 15 is 0 Å². The maximum atomic E-state index is 14.0. The smallest absolute Gasteiger partial charge is 0.410 e. The summed E-state index contributed by atoms with van der Waals surface area (Å²) in [5.74, 6) is -0.0796. The molecule has 0 unspecified atom stereocenters. The number of amides is 2. The Hall–Kier alpha value is -6.37. The van der Waals surface area contributed by atoms with Crippen LogP contribution in [0.1, 0.15) is 44.2 Å². The SMILES string of the molecule is CC(C)(C)OC(=O)N1CCN(c2cc(-c3cc(NC(=O)[C@H](CC(=O)OCc4ccccc4)c4ccccc4)cc(Nc4cnccn4)n3)ccn2)CC1. The van der Waals surface area contributed by atoms with E-state index < -0.39 is 17.5 Å². The van der Waals surface area contributed by atoms with E-state index in [0.717, 1.165) is 16.9 Å². The number of ether oxygens (including phenoxy) is 2. The zero-order valence-electron chi connectivity index (χ0n) is 29.9. The Morgan fingerprint density at radius 3 is 2.26 bits per heavy atom. The van der Waals surface area contributed by atoms with Crippen LogP contribution in [0.15, 0.2) is 110 Å². The number of hydrogen-bond acceptors (Lipinski definition) is 11. The van der Waals surface area contributed by atoms with E-state index in [-0.39, 0.29) is 25.0 Å². The molecule has 1 atom stereocenters. The third-order valence-electron chi connectivity index (χ3n) is 8.34. The lowest BCUT2D eigenvalue weighted by Crippen LogP contribution is -2.50. The van der Waals surface area contributed by atoms with Crippen LogP contribution in [0.25, 0.3) is 11.3 Å². The zero-order chi connectivity index (χ0) is 37.2. The van der Waals surface area contributed by atoms with Crippen LogP contribution in [0.5, 0.6) is 0 Å². The Morgan fingerprint density at radius 2 is 1.57 bits per heavy atom. The van der Waals surface area contributed by atoms with E-state index in [2.05, 4.69) is 30.5 Å². The van der Waals surface area contributed by atoms with Crippen molar-refractivity contribution >= 4 is 41.1 Å². The fraction of sp³-hybridized carbons (Fsp3) is 0.275. The first-order valence-electron chi connectivity index (χ1n) is 17.4. The van der Waals surface area contributed by atoms with E-state index in [9.17, 15) is 14.4 Å². The van der Waals surface area contributed by atoms with Crippen molar-refractivity contribution in [2.75, 3.05) is 41.7 Å². The molecule has 2 amide bonds. The average molecular weight is 715 g/mol. The van der Waals surface area contributed by atoms with Crippen molar-refractivity contribution in [1.29, 1.82) is 0 Å². The van der Waals surface area contributed by atoms with Crippen LogP contribution < -0.4 is 15.5 Å². The van der Waals surface area contributed by atoms with Crippen molar-refractivity contribution in [2.24, 2.45) is 0 Å². The summed E-state index contributed by atoms with van der Waals surface area (Å²) in [5, 5.41) is 6.20. The lowest BCUT2D eigenvalue weighted by Gasteiger charge is -2.36. The van der Waals surface area contributed by atoms with Crippen molar-refractivity contribution in [3.63, 3.8) is 0 Å². The number of carbonyl (C=O) groups excluding carboxylic acids is 3. The molecule has 1 aliphatic heterocycles. The van der Waals surface area contributed by atoms with Gasteiger partial charge in [0.05, 0.1) is 24.2 Å². The third kappa shape index (κ3) is 10.3. The molecule has 2 aromatic carbocycles. The van der Waals surface area contributed by atoms with Gasteiger partial charge in [-0.05, 0) is 50.1 Å². The quantitative estimate of drug-likeness (QED) is 0.143. The van der Waals surface area contributed by atoms with Crippen LogP contribution in [-0.4, -0.2) is 74.6 Å². The van der Waals surface area contributed by atoms with Gasteiger partial charge in [-0.25, -0.2) is 19.7 Å². The summed E-state index contributed by atoms with van der Waals surface area (Å²) in [5.41, 5.74) is 2.74. The molecule has 2 N–H and O–H groups in total. The number of carbonyl (C=O) groups is 3. The zero-order valence-corrected chi connectivity index (χ0v) is 29.9. The van der Waals surface area contributed by atoms with Crippen molar-refractivity contribution < 1.29 is 23.9 Å². The molecular formula is C40H42N8O5. The molecule has 0 bridgehead atoms. The summed E-state index contributed by atoms with van der Waals surface area (Å²) in [7, 11) is 0. The van der Waals surface area contributed by atoms with Gasteiger partial charge < -0.3 is 29.9 Å². The fourth-order valence-corrected chi connectivity index (χ4v) is 5.75. The molecule has 0 aliphatic carbocycles. The predicted molar refractivity (Wildman–Crippen MR) is 201 cm³/mol. The van der Waals surface area contributed by atoms with Gasteiger partial charge in [0.25, 0.3) is 0 Å². The summed E-state index contributed by atoms with van der Waals surface area (Å²) in [6.07, 6.45) is 5.93. The van der Waals surface area contributed by atoms with E-state index in [1.165, 1.54) is 0 Å². The van der Waals surface area contributed by atoms with Crippen molar-refractivity contribution in [2.45, 2.75) is 45.3 Å². The topological polar surface area (TPSA) is 152 Å². The Labute approximate surface area is 308 Å². The molecule has 0 saturated carbocycles. The highest BCUT2D eigenvalue weighted by Gasteiger charge is 2.27. The highest BCUT2D eigenvalue weighted by atomic mass is 16.6. The number of piperazine rings is 1. The molecule has 6 rings (SSSR count). The maximum absolute atomic E-state index is 14.0. The van der Waals surface area contributed by atoms with Crippen LogP contribution in [0, 0.1) is 0 Å². The normalized spacial score (nSPS) is 13.5. The van der Waals surface area contributed by atoms with E-state index in [1.54, 1.807) is 41.8 Å². The molecule has 1 aliphatic rings. The van der Waals surface area contributed by atoms with Crippen LogP contribution in [0.4, 0.5) is 27.9 Å². The molecule has 0 radical (unpaired) electrons.